The second kappa shape index (κ2) is 11.6. The van der Waals surface area contributed by atoms with E-state index in [9.17, 15) is 9.59 Å². The first-order chi connectivity index (χ1) is 16.7. The van der Waals surface area contributed by atoms with Gasteiger partial charge in [-0.05, 0) is 43.0 Å². The molecule has 0 bridgehead atoms. The lowest BCUT2D eigenvalue weighted by atomic mass is 9.93. The summed E-state index contributed by atoms with van der Waals surface area (Å²) in [6.07, 6.45) is 4.81. The lowest BCUT2D eigenvalue weighted by molar-refractivity contribution is -0.146. The van der Waals surface area contributed by atoms with Gasteiger partial charge in [-0.25, -0.2) is 0 Å². The molecule has 2 N–H and O–H groups in total. The molecule has 1 aromatic heterocycles. The first kappa shape index (κ1) is 23.7. The minimum Gasteiger partial charge on any atom is -0.464 e. The first-order valence-electron chi connectivity index (χ1n) is 11.6. The van der Waals surface area contributed by atoms with Crippen LogP contribution in [-0.4, -0.2) is 37.1 Å². The number of rotatable bonds is 10. The number of hydrogen-bond donors (Lipinski definition) is 2. The van der Waals surface area contributed by atoms with Crippen LogP contribution in [0.2, 0.25) is 0 Å². The molecule has 0 unspecified atom stereocenters. The zero-order valence-corrected chi connectivity index (χ0v) is 18.9. The number of aliphatic hydroxyl groups is 1. The highest BCUT2D eigenvalue weighted by Gasteiger charge is 2.30. The Hall–Kier alpha value is -3.42. The topological polar surface area (TPSA) is 98.0 Å². The molecular weight excluding hydrogens is 434 g/mol. The summed E-state index contributed by atoms with van der Waals surface area (Å²) >= 11 is 0. The summed E-state index contributed by atoms with van der Waals surface area (Å²) in [5.74, 6) is -0.619. The number of aliphatic hydroxyl groups excluding tert-OH is 1. The van der Waals surface area contributed by atoms with Crippen molar-refractivity contribution in [2.24, 2.45) is 0 Å². The van der Waals surface area contributed by atoms with Gasteiger partial charge in [0.05, 0.1) is 18.3 Å². The summed E-state index contributed by atoms with van der Waals surface area (Å²) < 4.78 is 17.4. The first-order valence-corrected chi connectivity index (χ1v) is 11.6. The SMILES string of the molecule is O=C(NCCc1ccccc1)C1=C[C@H](c2coc3ccccc3c2=O)C[C@H](OCCCCO)O1. The van der Waals surface area contributed by atoms with Crippen molar-refractivity contribution in [2.75, 3.05) is 19.8 Å². The Labute approximate surface area is 198 Å². The molecule has 4 rings (SSSR count). The van der Waals surface area contributed by atoms with Gasteiger partial charge in [-0.15, -0.1) is 0 Å². The minimum atomic E-state index is -0.686. The van der Waals surface area contributed by atoms with Crippen molar-refractivity contribution >= 4 is 16.9 Å². The average molecular weight is 464 g/mol. The van der Waals surface area contributed by atoms with Gasteiger partial charge in [-0.2, -0.15) is 0 Å². The average Bonchev–Trinajstić information content (AvgIpc) is 2.87. The fourth-order valence-electron chi connectivity index (χ4n) is 3.96. The Morgan fingerprint density at radius 1 is 1.09 bits per heavy atom. The molecule has 0 saturated heterocycles. The second-order valence-corrected chi connectivity index (χ2v) is 8.23. The molecule has 1 amide bonds. The van der Waals surface area contributed by atoms with E-state index in [0.29, 0.717) is 55.4 Å². The van der Waals surface area contributed by atoms with Gasteiger partial charge in [0.1, 0.15) is 5.58 Å². The van der Waals surface area contributed by atoms with Crippen molar-refractivity contribution in [3.8, 4) is 0 Å². The number of unbranched alkanes of at least 4 members (excludes halogenated alkanes) is 1. The van der Waals surface area contributed by atoms with Crippen molar-refractivity contribution < 1.29 is 23.8 Å². The monoisotopic (exact) mass is 463 g/mol. The molecular formula is C27H29NO6. The van der Waals surface area contributed by atoms with Crippen LogP contribution in [0.4, 0.5) is 0 Å². The number of allylic oxidation sites excluding steroid dienone is 1. The van der Waals surface area contributed by atoms with Crippen molar-refractivity contribution in [1.29, 1.82) is 0 Å². The Morgan fingerprint density at radius 3 is 2.71 bits per heavy atom. The number of hydrogen-bond acceptors (Lipinski definition) is 6. The number of fused-ring (bicyclic) bond motifs is 1. The highest BCUT2D eigenvalue weighted by molar-refractivity contribution is 5.91. The zero-order valence-electron chi connectivity index (χ0n) is 18.9. The largest absolute Gasteiger partial charge is 0.464 e. The van der Waals surface area contributed by atoms with Gasteiger partial charge in [-0.1, -0.05) is 42.5 Å². The van der Waals surface area contributed by atoms with Crippen LogP contribution in [-0.2, 0) is 20.7 Å². The number of amides is 1. The minimum absolute atomic E-state index is 0.0879. The Bertz CT molecular complexity index is 1190. The van der Waals surface area contributed by atoms with Crippen LogP contribution in [0.15, 0.2) is 81.9 Å². The fraction of sp³-hybridized carbons (Fsp3) is 0.333. The summed E-state index contributed by atoms with van der Waals surface area (Å²) in [6, 6.07) is 17.0. The van der Waals surface area contributed by atoms with E-state index in [-0.39, 0.29) is 23.7 Å². The Kier molecular flexibility index (Phi) is 8.12. The molecule has 7 heteroatoms. The summed E-state index contributed by atoms with van der Waals surface area (Å²) in [6.45, 7) is 0.923. The van der Waals surface area contributed by atoms with E-state index in [1.54, 1.807) is 24.3 Å². The molecule has 0 radical (unpaired) electrons. The number of para-hydroxylation sites is 1. The highest BCUT2D eigenvalue weighted by atomic mass is 16.7. The number of carbonyl (C=O) groups excluding carboxylic acids is 1. The molecule has 0 fully saturated rings. The third-order valence-corrected chi connectivity index (χ3v) is 5.79. The normalized spacial score (nSPS) is 17.7. The maximum Gasteiger partial charge on any atom is 0.286 e. The van der Waals surface area contributed by atoms with Crippen LogP contribution in [0.3, 0.4) is 0 Å². The maximum absolute atomic E-state index is 13.1. The highest BCUT2D eigenvalue weighted by Crippen LogP contribution is 2.31. The van der Waals surface area contributed by atoms with E-state index < -0.39 is 12.2 Å². The number of nitrogens with one attached hydrogen (secondary N) is 1. The predicted molar refractivity (Wildman–Crippen MR) is 128 cm³/mol. The van der Waals surface area contributed by atoms with Crippen molar-refractivity contribution in [3.05, 3.63) is 94.0 Å². The van der Waals surface area contributed by atoms with Crippen molar-refractivity contribution in [2.45, 2.75) is 37.9 Å². The zero-order chi connectivity index (χ0) is 23.8. The van der Waals surface area contributed by atoms with Crippen LogP contribution in [0, 0.1) is 0 Å². The van der Waals surface area contributed by atoms with Crippen LogP contribution < -0.4 is 10.7 Å². The number of benzene rings is 2. The van der Waals surface area contributed by atoms with Crippen LogP contribution in [0.5, 0.6) is 0 Å². The molecule has 1 aliphatic heterocycles. The summed E-state index contributed by atoms with van der Waals surface area (Å²) in [4.78, 5) is 26.0. The molecule has 0 saturated carbocycles. The van der Waals surface area contributed by atoms with Crippen LogP contribution >= 0.6 is 0 Å². The predicted octanol–water partition coefficient (Wildman–Crippen LogP) is 3.65. The summed E-state index contributed by atoms with van der Waals surface area (Å²) in [5.41, 5.74) is 1.97. The number of ether oxygens (including phenoxy) is 2. The fourth-order valence-corrected chi connectivity index (χ4v) is 3.96. The maximum atomic E-state index is 13.1. The quantitative estimate of drug-likeness (QED) is 0.446. The molecule has 2 atom stereocenters. The van der Waals surface area contributed by atoms with E-state index >= 15 is 0 Å². The van der Waals surface area contributed by atoms with Gasteiger partial charge in [0.2, 0.25) is 6.29 Å². The van der Waals surface area contributed by atoms with Gasteiger partial charge in [0, 0.05) is 31.1 Å². The van der Waals surface area contributed by atoms with E-state index in [1.165, 1.54) is 6.26 Å². The summed E-state index contributed by atoms with van der Waals surface area (Å²) in [7, 11) is 0. The van der Waals surface area contributed by atoms with Crippen LogP contribution in [0.25, 0.3) is 11.0 Å². The second-order valence-electron chi connectivity index (χ2n) is 8.23. The summed E-state index contributed by atoms with van der Waals surface area (Å²) in [5, 5.41) is 12.4. The molecule has 7 nitrogen and oxygen atoms in total. The van der Waals surface area contributed by atoms with Crippen LogP contribution in [0.1, 0.15) is 36.3 Å². The molecule has 1 aliphatic rings. The van der Waals surface area contributed by atoms with Gasteiger partial charge >= 0.3 is 0 Å². The molecule has 0 spiro atoms. The van der Waals surface area contributed by atoms with E-state index in [0.717, 1.165) is 5.56 Å². The van der Waals surface area contributed by atoms with Gasteiger partial charge < -0.3 is 24.3 Å². The molecule has 3 aromatic rings. The smallest absolute Gasteiger partial charge is 0.286 e. The van der Waals surface area contributed by atoms with E-state index in [4.69, 9.17) is 19.0 Å². The molecule has 34 heavy (non-hydrogen) atoms. The third kappa shape index (κ3) is 5.92. The van der Waals surface area contributed by atoms with E-state index in [2.05, 4.69) is 5.32 Å². The van der Waals surface area contributed by atoms with Gasteiger partial charge in [0.25, 0.3) is 5.91 Å². The van der Waals surface area contributed by atoms with Gasteiger partial charge in [0.15, 0.2) is 11.2 Å². The molecule has 178 valence electrons. The molecule has 0 aliphatic carbocycles. The molecule has 2 aromatic carbocycles. The standard InChI is InChI=1S/C27H29NO6/c29-14-6-7-15-32-25-17-20(22-18-33-23-11-5-4-10-21(23)26(22)30)16-24(34-25)27(31)28-13-12-19-8-2-1-3-9-19/h1-5,8-11,16,18,20,25,29H,6-7,12-15,17H2,(H,28,31)/t20-,25+/m0/s1. The third-order valence-electron chi connectivity index (χ3n) is 5.79. The van der Waals surface area contributed by atoms with E-state index in [1.807, 2.05) is 36.4 Å². The lowest BCUT2D eigenvalue weighted by Crippen LogP contribution is -2.34. The van der Waals surface area contributed by atoms with Crippen molar-refractivity contribution in [1.82, 2.24) is 5.32 Å². The lowest BCUT2D eigenvalue weighted by Gasteiger charge is -2.29. The Balaban J connectivity index is 1.52. The molecule has 2 heterocycles. The Morgan fingerprint density at radius 2 is 1.88 bits per heavy atom. The van der Waals surface area contributed by atoms with Gasteiger partial charge in [-0.3, -0.25) is 9.59 Å². The number of carbonyl (C=O) groups is 1. The van der Waals surface area contributed by atoms with Crippen molar-refractivity contribution in [3.63, 3.8) is 0 Å².